The molecule has 1 aliphatic rings. The summed E-state index contributed by atoms with van der Waals surface area (Å²) in [5.74, 6) is 0.977. The van der Waals surface area contributed by atoms with E-state index >= 15 is 0 Å². The van der Waals surface area contributed by atoms with E-state index in [-0.39, 0.29) is 18.2 Å². The van der Waals surface area contributed by atoms with Crippen molar-refractivity contribution in [1.29, 1.82) is 0 Å². The zero-order chi connectivity index (χ0) is 21.6. The second-order valence-electron chi connectivity index (χ2n) is 7.00. The third-order valence-corrected chi connectivity index (χ3v) is 6.24. The number of rotatable bonds is 8. The van der Waals surface area contributed by atoms with Crippen molar-refractivity contribution in [2.45, 2.75) is 12.3 Å². The molecule has 1 saturated heterocycles. The van der Waals surface area contributed by atoms with Gasteiger partial charge in [-0.05, 0) is 23.8 Å². The highest BCUT2D eigenvalue weighted by atomic mass is 32.2. The molecule has 1 amide bonds. The minimum atomic E-state index is -3.57. The Morgan fingerprint density at radius 2 is 1.77 bits per heavy atom. The lowest BCUT2D eigenvalue weighted by atomic mass is 10.1. The fourth-order valence-corrected chi connectivity index (χ4v) is 4.36. The van der Waals surface area contributed by atoms with Crippen LogP contribution in [0, 0.1) is 0 Å². The number of carbonyl (C=O) groups is 1. The van der Waals surface area contributed by atoms with Crippen LogP contribution < -0.4 is 19.5 Å². The molecule has 3 rings (SSSR count). The highest BCUT2D eigenvalue weighted by Gasteiger charge is 2.18. The molecule has 1 aliphatic heterocycles. The smallest absolute Gasteiger partial charge is 0.253 e. The third kappa shape index (κ3) is 5.71. The number of nitrogens with one attached hydrogen (secondary N) is 2. The number of benzene rings is 2. The quantitative estimate of drug-likeness (QED) is 0.653. The number of ether oxygens (including phenoxy) is 2. The second-order valence-corrected chi connectivity index (χ2v) is 8.80. The molecule has 0 aromatic heterocycles. The van der Waals surface area contributed by atoms with E-state index in [0.717, 1.165) is 13.1 Å². The van der Waals surface area contributed by atoms with Gasteiger partial charge in [0.2, 0.25) is 10.0 Å². The van der Waals surface area contributed by atoms with Crippen molar-refractivity contribution in [3.8, 4) is 11.5 Å². The normalized spacial score (nSPS) is 14.4. The molecule has 30 heavy (non-hydrogen) atoms. The first-order valence-corrected chi connectivity index (χ1v) is 11.3. The molecule has 0 saturated carbocycles. The van der Waals surface area contributed by atoms with Crippen LogP contribution in [-0.4, -0.2) is 59.6 Å². The molecule has 2 aromatic carbocycles. The number of methoxy groups -OCH3 is 2. The Balaban J connectivity index is 1.60. The number of piperazine rings is 1. The largest absolute Gasteiger partial charge is 0.497 e. The first-order valence-electron chi connectivity index (χ1n) is 9.69. The van der Waals surface area contributed by atoms with Crippen molar-refractivity contribution >= 4 is 15.9 Å². The Kier molecular flexibility index (Phi) is 7.30. The standard InChI is InChI=1S/C21H27N3O5S/c1-28-19-8-7-18(20(13-19)29-2)14-23-30(26,27)15-16-3-5-17(6-4-16)21(25)24-11-9-22-10-12-24/h3-8,13,22-23H,9-12,14-15H2,1-2H3. The number of hydrogen-bond donors (Lipinski definition) is 2. The van der Waals surface area contributed by atoms with Crippen molar-refractivity contribution < 1.29 is 22.7 Å². The lowest BCUT2D eigenvalue weighted by molar-refractivity contribution is 0.0736. The lowest BCUT2D eigenvalue weighted by Crippen LogP contribution is -2.46. The van der Waals surface area contributed by atoms with Crippen LogP contribution in [0.3, 0.4) is 0 Å². The van der Waals surface area contributed by atoms with Gasteiger partial charge in [-0.2, -0.15) is 0 Å². The Morgan fingerprint density at radius 1 is 1.07 bits per heavy atom. The van der Waals surface area contributed by atoms with Gasteiger partial charge in [-0.1, -0.05) is 18.2 Å². The van der Waals surface area contributed by atoms with Gasteiger partial charge >= 0.3 is 0 Å². The van der Waals surface area contributed by atoms with Gasteiger partial charge in [0.1, 0.15) is 11.5 Å². The summed E-state index contributed by atoms with van der Waals surface area (Å²) in [6.07, 6.45) is 0. The molecule has 1 heterocycles. The Labute approximate surface area is 177 Å². The second kappa shape index (κ2) is 9.92. The maximum atomic E-state index is 12.5. The topological polar surface area (TPSA) is 97.0 Å². The molecule has 0 aliphatic carbocycles. The van der Waals surface area contributed by atoms with Crippen LogP contribution in [0.25, 0.3) is 0 Å². The van der Waals surface area contributed by atoms with Crippen LogP contribution >= 0.6 is 0 Å². The highest BCUT2D eigenvalue weighted by molar-refractivity contribution is 7.88. The molecule has 0 unspecified atom stereocenters. The zero-order valence-electron chi connectivity index (χ0n) is 17.2. The molecular weight excluding hydrogens is 406 g/mol. The summed E-state index contributed by atoms with van der Waals surface area (Å²) in [4.78, 5) is 14.3. The molecule has 0 bridgehead atoms. The third-order valence-electron chi connectivity index (χ3n) is 4.94. The van der Waals surface area contributed by atoms with Crippen molar-refractivity contribution in [3.05, 3.63) is 59.2 Å². The Morgan fingerprint density at radius 3 is 2.40 bits per heavy atom. The van der Waals surface area contributed by atoms with Crippen LogP contribution in [0.15, 0.2) is 42.5 Å². The number of sulfonamides is 1. The summed E-state index contributed by atoms with van der Waals surface area (Å²) >= 11 is 0. The van der Waals surface area contributed by atoms with Crippen LogP contribution in [0.4, 0.5) is 0 Å². The predicted octanol–water partition coefficient (Wildman–Crippen LogP) is 1.37. The van der Waals surface area contributed by atoms with Gasteiger partial charge in [-0.15, -0.1) is 0 Å². The van der Waals surface area contributed by atoms with Gasteiger partial charge in [-0.25, -0.2) is 13.1 Å². The summed E-state index contributed by atoms with van der Waals surface area (Å²) in [6.45, 7) is 3.02. The van der Waals surface area contributed by atoms with Crippen molar-refractivity contribution in [2.24, 2.45) is 0 Å². The van der Waals surface area contributed by atoms with E-state index in [1.807, 2.05) is 0 Å². The van der Waals surface area contributed by atoms with Gasteiger partial charge in [0.25, 0.3) is 5.91 Å². The molecule has 0 atom stereocenters. The fraction of sp³-hybridized carbons (Fsp3) is 0.381. The van der Waals surface area contributed by atoms with E-state index in [9.17, 15) is 13.2 Å². The van der Waals surface area contributed by atoms with E-state index in [1.165, 1.54) is 7.11 Å². The SMILES string of the molecule is COc1ccc(CNS(=O)(=O)Cc2ccc(C(=O)N3CCNCC3)cc2)c(OC)c1. The molecule has 9 heteroatoms. The summed E-state index contributed by atoms with van der Waals surface area (Å²) < 4.78 is 38.1. The number of amides is 1. The average Bonchev–Trinajstić information content (AvgIpc) is 2.78. The number of carbonyl (C=O) groups excluding carboxylic acids is 1. The summed E-state index contributed by atoms with van der Waals surface area (Å²) in [5.41, 5.74) is 1.88. The van der Waals surface area contributed by atoms with E-state index in [0.29, 0.717) is 41.3 Å². The molecule has 0 radical (unpaired) electrons. The van der Waals surface area contributed by atoms with E-state index < -0.39 is 10.0 Å². The minimum absolute atomic E-state index is 0.0318. The summed E-state index contributed by atoms with van der Waals surface area (Å²) in [7, 11) is -0.488. The fourth-order valence-electron chi connectivity index (χ4n) is 3.25. The first-order chi connectivity index (χ1) is 14.4. The first kappa shape index (κ1) is 22.1. The Bertz CT molecular complexity index is 971. The van der Waals surface area contributed by atoms with Crippen LogP contribution in [0.1, 0.15) is 21.5 Å². The van der Waals surface area contributed by atoms with Gasteiger partial charge < -0.3 is 19.7 Å². The van der Waals surface area contributed by atoms with Crippen LogP contribution in [-0.2, 0) is 22.3 Å². The monoisotopic (exact) mass is 433 g/mol. The number of nitrogens with zero attached hydrogens (tertiary/aromatic N) is 1. The lowest BCUT2D eigenvalue weighted by Gasteiger charge is -2.27. The van der Waals surface area contributed by atoms with Crippen molar-refractivity contribution in [1.82, 2.24) is 14.9 Å². The van der Waals surface area contributed by atoms with Gasteiger partial charge in [0, 0.05) is 49.9 Å². The van der Waals surface area contributed by atoms with Gasteiger partial charge in [0.15, 0.2) is 0 Å². The van der Waals surface area contributed by atoms with Gasteiger partial charge in [-0.3, -0.25) is 4.79 Å². The molecule has 8 nitrogen and oxygen atoms in total. The molecule has 2 aromatic rings. The molecule has 0 spiro atoms. The van der Waals surface area contributed by atoms with Crippen LogP contribution in [0.5, 0.6) is 11.5 Å². The molecule has 162 valence electrons. The molecule has 1 fully saturated rings. The van der Waals surface area contributed by atoms with E-state index in [1.54, 1.807) is 54.5 Å². The van der Waals surface area contributed by atoms with E-state index in [2.05, 4.69) is 10.0 Å². The Hall–Kier alpha value is -2.62. The summed E-state index contributed by atoms with van der Waals surface area (Å²) in [5, 5.41) is 3.21. The predicted molar refractivity (Wildman–Crippen MR) is 114 cm³/mol. The minimum Gasteiger partial charge on any atom is -0.497 e. The molecular formula is C21H27N3O5S. The maximum absolute atomic E-state index is 12.5. The highest BCUT2D eigenvalue weighted by Crippen LogP contribution is 2.24. The van der Waals surface area contributed by atoms with Gasteiger partial charge in [0.05, 0.1) is 20.0 Å². The average molecular weight is 434 g/mol. The molecule has 2 N–H and O–H groups in total. The van der Waals surface area contributed by atoms with Crippen molar-refractivity contribution in [2.75, 3.05) is 40.4 Å². The number of hydrogen-bond acceptors (Lipinski definition) is 6. The van der Waals surface area contributed by atoms with E-state index in [4.69, 9.17) is 9.47 Å². The summed E-state index contributed by atoms with van der Waals surface area (Å²) in [6, 6.07) is 11.9. The maximum Gasteiger partial charge on any atom is 0.253 e. The van der Waals surface area contributed by atoms with Crippen molar-refractivity contribution in [3.63, 3.8) is 0 Å². The zero-order valence-corrected chi connectivity index (χ0v) is 18.0. The van der Waals surface area contributed by atoms with Crippen LogP contribution in [0.2, 0.25) is 0 Å².